The number of hydrogen-bond acceptors (Lipinski definition) is 5. The highest BCUT2D eigenvalue weighted by atomic mass is 16.5. The largest absolute Gasteiger partial charge is 0.493 e. The molecule has 1 aromatic heterocycles. The zero-order valence-electron chi connectivity index (χ0n) is 20.8. The molecular formula is C29H26N4O4. The fraction of sp³-hybridized carbons (Fsp3) is 0.138. The molecule has 186 valence electrons. The Hall–Kier alpha value is -5.03. The van der Waals surface area contributed by atoms with Gasteiger partial charge in [-0.25, -0.2) is 4.68 Å². The first-order valence-electron chi connectivity index (χ1n) is 11.4. The van der Waals surface area contributed by atoms with E-state index in [0.717, 1.165) is 5.69 Å². The van der Waals surface area contributed by atoms with E-state index in [2.05, 4.69) is 16.3 Å². The smallest absolute Gasteiger partial charge is 0.275 e. The molecule has 0 atom stereocenters. The van der Waals surface area contributed by atoms with Crippen molar-refractivity contribution < 1.29 is 19.1 Å². The van der Waals surface area contributed by atoms with Crippen molar-refractivity contribution in [1.82, 2.24) is 14.7 Å². The summed E-state index contributed by atoms with van der Waals surface area (Å²) in [6, 6.07) is 21.8. The molecule has 0 aliphatic heterocycles. The summed E-state index contributed by atoms with van der Waals surface area (Å²) in [4.78, 5) is 27.5. The Morgan fingerprint density at radius 1 is 1.00 bits per heavy atom. The van der Waals surface area contributed by atoms with Gasteiger partial charge < -0.3 is 19.7 Å². The van der Waals surface area contributed by atoms with Gasteiger partial charge in [0.15, 0.2) is 17.2 Å². The van der Waals surface area contributed by atoms with E-state index in [1.165, 1.54) is 4.90 Å². The van der Waals surface area contributed by atoms with Crippen molar-refractivity contribution >= 4 is 17.5 Å². The highest BCUT2D eigenvalue weighted by molar-refractivity contribution is 6.02. The van der Waals surface area contributed by atoms with Crippen LogP contribution >= 0.6 is 0 Å². The molecule has 0 unspecified atom stereocenters. The number of benzene rings is 3. The van der Waals surface area contributed by atoms with Gasteiger partial charge in [-0.05, 0) is 48.0 Å². The Labute approximate surface area is 215 Å². The van der Waals surface area contributed by atoms with Gasteiger partial charge in [0.05, 0.1) is 26.5 Å². The molecule has 0 saturated heterocycles. The molecule has 0 saturated carbocycles. The first-order valence-corrected chi connectivity index (χ1v) is 11.4. The third kappa shape index (κ3) is 5.63. The van der Waals surface area contributed by atoms with E-state index in [1.807, 2.05) is 36.4 Å². The number of aromatic nitrogens is 2. The lowest BCUT2D eigenvalue weighted by atomic mass is 10.0. The van der Waals surface area contributed by atoms with Crippen LogP contribution in [-0.4, -0.2) is 54.3 Å². The number of likely N-dealkylation sites (N-methyl/N-ethyl adjacent to an activating group) is 1. The molecule has 8 heteroatoms. The minimum Gasteiger partial charge on any atom is -0.493 e. The molecule has 1 heterocycles. The number of terminal acetylenes is 1. The lowest BCUT2D eigenvalue weighted by molar-refractivity contribution is -0.116. The molecule has 3 aromatic carbocycles. The second-order valence-corrected chi connectivity index (χ2v) is 8.18. The third-order valence-corrected chi connectivity index (χ3v) is 5.67. The molecule has 0 aliphatic carbocycles. The number of nitrogens with one attached hydrogen (secondary N) is 1. The molecule has 4 aromatic rings. The van der Waals surface area contributed by atoms with E-state index in [0.29, 0.717) is 33.9 Å². The van der Waals surface area contributed by atoms with Gasteiger partial charge in [0.1, 0.15) is 0 Å². The maximum Gasteiger partial charge on any atom is 0.275 e. The number of methoxy groups -OCH3 is 2. The van der Waals surface area contributed by atoms with Crippen molar-refractivity contribution in [2.75, 3.05) is 33.1 Å². The Morgan fingerprint density at radius 2 is 1.76 bits per heavy atom. The number of rotatable bonds is 8. The molecule has 0 bridgehead atoms. The lowest BCUT2D eigenvalue weighted by Crippen LogP contribution is -2.35. The van der Waals surface area contributed by atoms with Gasteiger partial charge in [-0.15, -0.1) is 6.42 Å². The maximum atomic E-state index is 13.5. The van der Waals surface area contributed by atoms with Gasteiger partial charge in [-0.1, -0.05) is 36.3 Å². The highest BCUT2D eigenvalue weighted by Crippen LogP contribution is 2.34. The van der Waals surface area contributed by atoms with Crippen molar-refractivity contribution in [3.63, 3.8) is 0 Å². The number of carbonyl (C=O) groups is 2. The highest BCUT2D eigenvalue weighted by Gasteiger charge is 2.24. The van der Waals surface area contributed by atoms with Crippen LogP contribution in [0.3, 0.4) is 0 Å². The van der Waals surface area contributed by atoms with Gasteiger partial charge in [0.2, 0.25) is 5.91 Å². The number of ether oxygens (including phenoxy) is 2. The summed E-state index contributed by atoms with van der Waals surface area (Å²) in [7, 11) is 4.66. The molecule has 8 nitrogen and oxygen atoms in total. The average Bonchev–Trinajstić information content (AvgIpc) is 3.38. The molecule has 4 rings (SSSR count). The molecule has 37 heavy (non-hydrogen) atoms. The molecule has 0 spiro atoms. The van der Waals surface area contributed by atoms with E-state index >= 15 is 0 Å². The number of para-hydroxylation sites is 1. The quantitative estimate of drug-likeness (QED) is 0.370. The SMILES string of the molecule is C#Cc1cccc(NC(=O)CN(C)C(=O)c2nn(-c3ccccc3)cc2-c2ccc(OC)c(OC)c2)c1. The van der Waals surface area contributed by atoms with Gasteiger partial charge >= 0.3 is 0 Å². The summed E-state index contributed by atoms with van der Waals surface area (Å²) in [5.41, 5.74) is 3.49. The third-order valence-electron chi connectivity index (χ3n) is 5.67. The topological polar surface area (TPSA) is 85.7 Å². The average molecular weight is 495 g/mol. The molecule has 0 radical (unpaired) electrons. The van der Waals surface area contributed by atoms with Gasteiger partial charge in [-0.2, -0.15) is 5.10 Å². The standard InChI is InChI=1S/C29H26N4O4/c1-5-20-10-9-11-22(16-20)30-27(34)19-32(2)29(35)28-24(18-33(31-28)23-12-7-6-8-13-23)21-14-15-25(36-3)26(17-21)37-4/h1,6-18H,19H2,2-4H3,(H,30,34). The Kier molecular flexibility index (Phi) is 7.55. The second-order valence-electron chi connectivity index (χ2n) is 8.18. The zero-order valence-corrected chi connectivity index (χ0v) is 20.8. The van der Waals surface area contributed by atoms with Crippen molar-refractivity contribution in [1.29, 1.82) is 0 Å². The van der Waals surface area contributed by atoms with Crippen molar-refractivity contribution in [3.05, 3.63) is 90.3 Å². The minimum atomic E-state index is -0.410. The van der Waals surface area contributed by atoms with Crippen LogP contribution < -0.4 is 14.8 Å². The maximum absolute atomic E-state index is 13.5. The number of anilines is 1. The molecule has 2 amide bonds. The predicted octanol–water partition coefficient (Wildman–Crippen LogP) is 4.25. The normalized spacial score (nSPS) is 10.3. The van der Waals surface area contributed by atoms with Crippen LogP contribution in [-0.2, 0) is 4.79 Å². The van der Waals surface area contributed by atoms with Crippen LogP contribution in [0.4, 0.5) is 5.69 Å². The van der Waals surface area contributed by atoms with Crippen molar-refractivity contribution in [2.24, 2.45) is 0 Å². The number of hydrogen-bond donors (Lipinski definition) is 1. The summed E-state index contributed by atoms with van der Waals surface area (Å²) >= 11 is 0. The summed E-state index contributed by atoms with van der Waals surface area (Å²) in [6.45, 7) is -0.178. The number of nitrogens with zero attached hydrogens (tertiary/aromatic N) is 3. The fourth-order valence-electron chi connectivity index (χ4n) is 3.82. The van der Waals surface area contributed by atoms with E-state index in [9.17, 15) is 9.59 Å². The first kappa shape index (κ1) is 25.1. The van der Waals surface area contributed by atoms with Crippen LogP contribution in [0, 0.1) is 12.3 Å². The zero-order chi connectivity index (χ0) is 26.4. The van der Waals surface area contributed by atoms with Crippen LogP contribution in [0.25, 0.3) is 16.8 Å². The monoisotopic (exact) mass is 494 g/mol. The van der Waals surface area contributed by atoms with Gasteiger partial charge in [0, 0.05) is 30.1 Å². The van der Waals surface area contributed by atoms with E-state index in [-0.39, 0.29) is 18.1 Å². The predicted molar refractivity (Wildman–Crippen MR) is 142 cm³/mol. The Balaban J connectivity index is 1.64. The van der Waals surface area contributed by atoms with E-state index in [4.69, 9.17) is 15.9 Å². The summed E-state index contributed by atoms with van der Waals surface area (Å²) < 4.78 is 12.4. The molecule has 0 aliphatic rings. The molecule has 1 N–H and O–H groups in total. The summed E-state index contributed by atoms with van der Waals surface area (Å²) in [5, 5.41) is 7.36. The molecular weight excluding hydrogens is 468 g/mol. The van der Waals surface area contributed by atoms with Gasteiger partial charge in [0.25, 0.3) is 5.91 Å². The second kappa shape index (κ2) is 11.1. The van der Waals surface area contributed by atoms with Gasteiger partial charge in [-0.3, -0.25) is 9.59 Å². The van der Waals surface area contributed by atoms with E-state index in [1.54, 1.807) is 68.5 Å². The molecule has 0 fully saturated rings. The van der Waals surface area contributed by atoms with Crippen LogP contribution in [0.2, 0.25) is 0 Å². The fourth-order valence-corrected chi connectivity index (χ4v) is 3.82. The number of amides is 2. The lowest BCUT2D eigenvalue weighted by Gasteiger charge is -2.17. The van der Waals surface area contributed by atoms with Crippen molar-refractivity contribution in [2.45, 2.75) is 0 Å². The van der Waals surface area contributed by atoms with Crippen molar-refractivity contribution in [3.8, 4) is 40.7 Å². The van der Waals surface area contributed by atoms with E-state index < -0.39 is 5.91 Å². The van der Waals surface area contributed by atoms with Crippen LogP contribution in [0.15, 0.2) is 79.0 Å². The summed E-state index contributed by atoms with van der Waals surface area (Å²) in [5.74, 6) is 2.85. The van der Waals surface area contributed by atoms with Crippen LogP contribution in [0.5, 0.6) is 11.5 Å². The minimum absolute atomic E-state index is 0.178. The first-order chi connectivity index (χ1) is 17.9. The van der Waals surface area contributed by atoms with Crippen LogP contribution in [0.1, 0.15) is 16.1 Å². The Morgan fingerprint density at radius 3 is 2.46 bits per heavy atom. The summed E-state index contributed by atoms with van der Waals surface area (Å²) in [6.07, 6.45) is 7.22. The Bertz CT molecular complexity index is 1470. The number of carbonyl (C=O) groups excluding carboxylic acids is 2.